The maximum atomic E-state index is 13.3. The highest BCUT2D eigenvalue weighted by Gasteiger charge is 2.34. The lowest BCUT2D eigenvalue weighted by Crippen LogP contribution is -2.08. The molecule has 4 rings (SSSR count). The van der Waals surface area contributed by atoms with Crippen molar-refractivity contribution < 1.29 is 13.2 Å². The van der Waals surface area contributed by atoms with Crippen molar-refractivity contribution in [3.8, 4) is 11.3 Å². The quantitative estimate of drug-likeness (QED) is 0.459. The zero-order chi connectivity index (χ0) is 19.7. The smallest absolute Gasteiger partial charge is 0.338 e. The Balaban J connectivity index is 1.77. The van der Waals surface area contributed by atoms with Gasteiger partial charge in [0, 0.05) is 17.1 Å². The topological polar surface area (TPSA) is 63.6 Å². The standard InChI is InChI=1S/C19H11ClF3N5/c20-16-6-4-12(9-25-16)28-18-13-5-3-11(8-15(13)26-10-27-18)17-14(19(21,22)23)2-1-7-24-17/h1-10H,(H,26,27,28). The predicted molar refractivity (Wildman–Crippen MR) is 100 cm³/mol. The predicted octanol–water partition coefficient (Wildman–Crippen LogP) is 5.50. The Bertz CT molecular complexity index is 1150. The molecule has 0 saturated carbocycles. The van der Waals surface area contributed by atoms with Crippen LogP contribution in [0.2, 0.25) is 5.15 Å². The zero-order valence-electron chi connectivity index (χ0n) is 14.1. The Labute approximate surface area is 162 Å². The van der Waals surface area contributed by atoms with Crippen molar-refractivity contribution in [1.29, 1.82) is 0 Å². The zero-order valence-corrected chi connectivity index (χ0v) is 14.8. The highest BCUT2D eigenvalue weighted by atomic mass is 35.5. The highest BCUT2D eigenvalue weighted by Crippen LogP contribution is 2.36. The van der Waals surface area contributed by atoms with Crippen molar-refractivity contribution in [2.45, 2.75) is 6.18 Å². The number of halogens is 4. The minimum absolute atomic E-state index is 0.146. The number of nitrogens with one attached hydrogen (secondary N) is 1. The molecule has 0 unspecified atom stereocenters. The highest BCUT2D eigenvalue weighted by molar-refractivity contribution is 6.29. The van der Waals surface area contributed by atoms with Gasteiger partial charge < -0.3 is 5.32 Å². The first-order valence-corrected chi connectivity index (χ1v) is 8.45. The van der Waals surface area contributed by atoms with Gasteiger partial charge in [0.05, 0.1) is 28.7 Å². The van der Waals surface area contributed by atoms with Crippen molar-refractivity contribution in [1.82, 2.24) is 19.9 Å². The Morgan fingerprint density at radius 1 is 0.929 bits per heavy atom. The molecule has 140 valence electrons. The van der Waals surface area contributed by atoms with Crippen LogP contribution in [-0.4, -0.2) is 19.9 Å². The largest absolute Gasteiger partial charge is 0.418 e. The minimum atomic E-state index is -4.50. The van der Waals surface area contributed by atoms with E-state index in [1.807, 2.05) is 0 Å². The van der Waals surface area contributed by atoms with Gasteiger partial charge in [-0.05, 0) is 36.4 Å². The van der Waals surface area contributed by atoms with Crippen molar-refractivity contribution in [2.75, 3.05) is 5.32 Å². The van der Waals surface area contributed by atoms with E-state index in [1.165, 1.54) is 18.6 Å². The van der Waals surface area contributed by atoms with Crippen LogP contribution < -0.4 is 5.32 Å². The fourth-order valence-corrected chi connectivity index (χ4v) is 2.87. The lowest BCUT2D eigenvalue weighted by molar-refractivity contribution is -0.137. The maximum Gasteiger partial charge on any atom is 0.418 e. The molecule has 0 aliphatic carbocycles. The Hall–Kier alpha value is -3.26. The van der Waals surface area contributed by atoms with Crippen LogP contribution in [0, 0.1) is 0 Å². The molecule has 1 N–H and O–H groups in total. The van der Waals surface area contributed by atoms with E-state index in [-0.39, 0.29) is 5.69 Å². The van der Waals surface area contributed by atoms with E-state index >= 15 is 0 Å². The van der Waals surface area contributed by atoms with Gasteiger partial charge in [0.1, 0.15) is 17.3 Å². The number of rotatable bonds is 3. The first-order chi connectivity index (χ1) is 13.4. The molecule has 0 spiro atoms. The van der Waals surface area contributed by atoms with E-state index in [9.17, 15) is 13.2 Å². The Morgan fingerprint density at radius 2 is 1.79 bits per heavy atom. The summed E-state index contributed by atoms with van der Waals surface area (Å²) < 4.78 is 39.9. The van der Waals surface area contributed by atoms with E-state index in [2.05, 4.69) is 25.3 Å². The normalized spacial score (nSPS) is 11.6. The molecule has 3 heterocycles. The number of fused-ring (bicyclic) bond motifs is 1. The number of benzene rings is 1. The molecule has 4 aromatic rings. The lowest BCUT2D eigenvalue weighted by Gasteiger charge is -2.13. The number of alkyl halides is 3. The second-order valence-electron chi connectivity index (χ2n) is 5.85. The molecule has 5 nitrogen and oxygen atoms in total. The van der Waals surface area contributed by atoms with E-state index in [4.69, 9.17) is 11.6 Å². The van der Waals surface area contributed by atoms with Gasteiger partial charge in [-0.3, -0.25) is 4.98 Å². The SMILES string of the molecule is FC(F)(F)c1cccnc1-c1ccc2c(Nc3ccc(Cl)nc3)ncnc2c1. The third-order valence-electron chi connectivity index (χ3n) is 4.01. The summed E-state index contributed by atoms with van der Waals surface area (Å²) in [6.07, 6.45) is -0.289. The first-order valence-electron chi connectivity index (χ1n) is 8.08. The van der Waals surface area contributed by atoms with E-state index < -0.39 is 11.7 Å². The molecule has 0 fully saturated rings. The summed E-state index contributed by atoms with van der Waals surface area (Å²) in [5.41, 5.74) is 0.521. The van der Waals surface area contributed by atoms with Gasteiger partial charge in [-0.15, -0.1) is 0 Å². The summed E-state index contributed by atoms with van der Waals surface area (Å²) in [6, 6.07) is 10.4. The van der Waals surface area contributed by atoms with E-state index in [1.54, 1.807) is 36.5 Å². The molecule has 0 bridgehead atoms. The van der Waals surface area contributed by atoms with E-state index in [0.29, 0.717) is 33.1 Å². The van der Waals surface area contributed by atoms with Gasteiger partial charge in [-0.2, -0.15) is 13.2 Å². The van der Waals surface area contributed by atoms with Gasteiger partial charge in [0.15, 0.2) is 0 Å². The fraction of sp³-hybridized carbons (Fsp3) is 0.0526. The Kier molecular flexibility index (Phi) is 4.56. The summed E-state index contributed by atoms with van der Waals surface area (Å²) in [7, 11) is 0. The molecule has 3 aromatic heterocycles. The molecule has 28 heavy (non-hydrogen) atoms. The van der Waals surface area contributed by atoms with Crippen molar-refractivity contribution in [3.63, 3.8) is 0 Å². The van der Waals surface area contributed by atoms with Gasteiger partial charge in [-0.1, -0.05) is 17.7 Å². The first kappa shape index (κ1) is 18.1. The van der Waals surface area contributed by atoms with Gasteiger partial charge in [0.2, 0.25) is 0 Å². The summed E-state index contributed by atoms with van der Waals surface area (Å²) in [5.74, 6) is 0.498. The van der Waals surface area contributed by atoms with Gasteiger partial charge in [-0.25, -0.2) is 15.0 Å². The third-order valence-corrected chi connectivity index (χ3v) is 4.24. The summed E-state index contributed by atoms with van der Waals surface area (Å²) in [4.78, 5) is 16.3. The molecule has 0 saturated heterocycles. The second kappa shape index (κ2) is 7.05. The average Bonchev–Trinajstić information content (AvgIpc) is 2.69. The van der Waals surface area contributed by atoms with Crippen LogP contribution in [0.15, 0.2) is 61.2 Å². The third kappa shape index (κ3) is 3.59. The molecular formula is C19H11ClF3N5. The maximum absolute atomic E-state index is 13.3. The number of aromatic nitrogens is 4. The number of anilines is 2. The molecule has 0 atom stereocenters. The van der Waals surface area contributed by atoms with Crippen LogP contribution in [-0.2, 0) is 6.18 Å². The van der Waals surface area contributed by atoms with Crippen LogP contribution in [0.25, 0.3) is 22.2 Å². The summed E-state index contributed by atoms with van der Waals surface area (Å²) in [5, 5.41) is 4.11. The van der Waals surface area contributed by atoms with Crippen LogP contribution in [0.3, 0.4) is 0 Å². The summed E-state index contributed by atoms with van der Waals surface area (Å²) in [6.45, 7) is 0. The molecular weight excluding hydrogens is 391 g/mol. The Morgan fingerprint density at radius 3 is 2.54 bits per heavy atom. The number of hydrogen-bond acceptors (Lipinski definition) is 5. The molecule has 0 aliphatic rings. The molecule has 0 aliphatic heterocycles. The molecule has 1 aromatic carbocycles. The summed E-state index contributed by atoms with van der Waals surface area (Å²) >= 11 is 5.78. The number of nitrogens with zero attached hydrogens (tertiary/aromatic N) is 4. The molecule has 9 heteroatoms. The molecule has 0 radical (unpaired) electrons. The van der Waals surface area contributed by atoms with Gasteiger partial charge in [0.25, 0.3) is 0 Å². The average molecular weight is 402 g/mol. The monoisotopic (exact) mass is 401 g/mol. The molecule has 0 amide bonds. The fourth-order valence-electron chi connectivity index (χ4n) is 2.75. The van der Waals surface area contributed by atoms with E-state index in [0.717, 1.165) is 6.07 Å². The van der Waals surface area contributed by atoms with Crippen LogP contribution in [0.5, 0.6) is 0 Å². The van der Waals surface area contributed by atoms with Gasteiger partial charge >= 0.3 is 6.18 Å². The second-order valence-corrected chi connectivity index (χ2v) is 6.23. The van der Waals surface area contributed by atoms with Crippen molar-refractivity contribution in [3.05, 3.63) is 71.9 Å². The minimum Gasteiger partial charge on any atom is -0.338 e. The lowest BCUT2D eigenvalue weighted by atomic mass is 10.0. The van der Waals surface area contributed by atoms with Crippen molar-refractivity contribution in [2.24, 2.45) is 0 Å². The number of pyridine rings is 2. The number of hydrogen-bond donors (Lipinski definition) is 1. The van der Waals surface area contributed by atoms with Crippen LogP contribution in [0.4, 0.5) is 24.7 Å². The van der Waals surface area contributed by atoms with Crippen LogP contribution in [0.1, 0.15) is 5.56 Å². The van der Waals surface area contributed by atoms with Crippen LogP contribution >= 0.6 is 11.6 Å². The van der Waals surface area contributed by atoms with Crippen molar-refractivity contribution >= 4 is 34.0 Å².